The van der Waals surface area contributed by atoms with Crippen LogP contribution in [-0.2, 0) is 4.79 Å². The summed E-state index contributed by atoms with van der Waals surface area (Å²) in [4.78, 5) is 16.5. The average Bonchev–Trinajstić information content (AvgIpc) is 3.15. The van der Waals surface area contributed by atoms with Gasteiger partial charge in [-0.3, -0.25) is 9.69 Å². The second kappa shape index (κ2) is 4.97. The van der Waals surface area contributed by atoms with E-state index < -0.39 is 0 Å². The lowest BCUT2D eigenvalue weighted by atomic mass is 10.1. The molecule has 2 rings (SSSR count). The second-order valence-corrected chi connectivity index (χ2v) is 6.08. The minimum absolute atomic E-state index is 0.277. The van der Waals surface area contributed by atoms with Crippen molar-refractivity contribution in [3.05, 3.63) is 0 Å². The number of hydrogen-bond acceptors (Lipinski definition) is 2. The number of carbonyl (C=O) groups is 1. The second-order valence-electron chi connectivity index (χ2n) is 6.08. The largest absolute Gasteiger partial charge is 0.342 e. The predicted molar refractivity (Wildman–Crippen MR) is 69.8 cm³/mol. The highest BCUT2D eigenvalue weighted by atomic mass is 16.2. The average molecular weight is 238 g/mol. The number of rotatable bonds is 6. The van der Waals surface area contributed by atoms with Crippen molar-refractivity contribution in [2.75, 3.05) is 13.6 Å². The van der Waals surface area contributed by atoms with Gasteiger partial charge in [-0.25, -0.2) is 0 Å². The maximum absolute atomic E-state index is 12.2. The Kier molecular flexibility index (Phi) is 3.76. The Morgan fingerprint density at radius 1 is 1.18 bits per heavy atom. The highest BCUT2D eigenvalue weighted by Crippen LogP contribution is 2.39. The molecule has 1 atom stereocenters. The Hall–Kier alpha value is -0.570. The van der Waals surface area contributed by atoms with Crippen molar-refractivity contribution in [1.82, 2.24) is 9.80 Å². The van der Waals surface area contributed by atoms with E-state index in [-0.39, 0.29) is 5.91 Å². The van der Waals surface area contributed by atoms with Gasteiger partial charge in [0.25, 0.3) is 0 Å². The van der Waals surface area contributed by atoms with Crippen LogP contribution >= 0.6 is 0 Å². The van der Waals surface area contributed by atoms with Crippen LogP contribution in [0.5, 0.6) is 0 Å². The SMILES string of the molecule is CC(C)N(C)C(=O)CN(C1CC1)C(C)C1CC1. The minimum atomic E-state index is 0.277. The maximum Gasteiger partial charge on any atom is 0.236 e. The molecule has 0 radical (unpaired) electrons. The fourth-order valence-corrected chi connectivity index (χ4v) is 2.42. The van der Waals surface area contributed by atoms with E-state index in [4.69, 9.17) is 0 Å². The van der Waals surface area contributed by atoms with Crippen LogP contribution in [0.3, 0.4) is 0 Å². The molecule has 0 N–H and O–H groups in total. The molecule has 2 aliphatic rings. The van der Waals surface area contributed by atoms with Crippen molar-refractivity contribution in [1.29, 1.82) is 0 Å². The summed E-state index contributed by atoms with van der Waals surface area (Å²) in [7, 11) is 1.92. The normalized spacial score (nSPS) is 22.0. The molecule has 3 nitrogen and oxygen atoms in total. The van der Waals surface area contributed by atoms with Gasteiger partial charge in [0, 0.05) is 25.2 Å². The Bertz CT molecular complexity index is 282. The minimum Gasteiger partial charge on any atom is -0.342 e. The van der Waals surface area contributed by atoms with E-state index in [0.29, 0.717) is 24.7 Å². The number of amides is 1. The molecule has 98 valence electrons. The molecule has 0 spiro atoms. The monoisotopic (exact) mass is 238 g/mol. The third kappa shape index (κ3) is 3.21. The van der Waals surface area contributed by atoms with E-state index >= 15 is 0 Å². The lowest BCUT2D eigenvalue weighted by Gasteiger charge is -2.31. The van der Waals surface area contributed by atoms with Gasteiger partial charge >= 0.3 is 0 Å². The summed E-state index contributed by atoms with van der Waals surface area (Å²) in [6.07, 6.45) is 5.29. The van der Waals surface area contributed by atoms with Crippen LogP contribution in [0.25, 0.3) is 0 Å². The van der Waals surface area contributed by atoms with Crippen LogP contribution < -0.4 is 0 Å². The fraction of sp³-hybridized carbons (Fsp3) is 0.929. The third-order valence-corrected chi connectivity index (χ3v) is 4.33. The van der Waals surface area contributed by atoms with E-state index in [1.807, 2.05) is 11.9 Å². The van der Waals surface area contributed by atoms with Crippen LogP contribution in [0.2, 0.25) is 0 Å². The van der Waals surface area contributed by atoms with E-state index in [1.165, 1.54) is 25.7 Å². The van der Waals surface area contributed by atoms with Gasteiger partial charge in [0.2, 0.25) is 5.91 Å². The Morgan fingerprint density at radius 3 is 2.18 bits per heavy atom. The highest BCUT2D eigenvalue weighted by molar-refractivity contribution is 5.78. The van der Waals surface area contributed by atoms with E-state index in [9.17, 15) is 4.79 Å². The summed E-state index contributed by atoms with van der Waals surface area (Å²) < 4.78 is 0. The van der Waals surface area contributed by atoms with Crippen molar-refractivity contribution in [3.8, 4) is 0 Å². The summed E-state index contributed by atoms with van der Waals surface area (Å²) in [6.45, 7) is 7.07. The quantitative estimate of drug-likeness (QED) is 0.707. The highest BCUT2D eigenvalue weighted by Gasteiger charge is 2.40. The molecule has 0 saturated heterocycles. The molecule has 0 aromatic carbocycles. The molecule has 0 aliphatic heterocycles. The summed E-state index contributed by atoms with van der Waals surface area (Å²) in [5, 5.41) is 0. The van der Waals surface area contributed by atoms with E-state index in [2.05, 4.69) is 25.7 Å². The van der Waals surface area contributed by atoms with Gasteiger partial charge in [-0.1, -0.05) is 0 Å². The molecule has 2 fully saturated rings. The number of nitrogens with zero attached hydrogens (tertiary/aromatic N) is 2. The Labute approximate surface area is 105 Å². The molecule has 2 saturated carbocycles. The van der Waals surface area contributed by atoms with Crippen LogP contribution in [0.1, 0.15) is 46.5 Å². The maximum atomic E-state index is 12.2. The van der Waals surface area contributed by atoms with Gasteiger partial charge in [0.15, 0.2) is 0 Å². The topological polar surface area (TPSA) is 23.6 Å². The van der Waals surface area contributed by atoms with Gasteiger partial charge in [-0.05, 0) is 52.4 Å². The Morgan fingerprint density at radius 2 is 1.76 bits per heavy atom. The van der Waals surface area contributed by atoms with Crippen LogP contribution in [0.15, 0.2) is 0 Å². The van der Waals surface area contributed by atoms with Gasteiger partial charge < -0.3 is 4.90 Å². The van der Waals surface area contributed by atoms with Crippen LogP contribution in [0, 0.1) is 5.92 Å². The molecule has 2 aliphatic carbocycles. The smallest absolute Gasteiger partial charge is 0.236 e. The molecular weight excluding hydrogens is 212 g/mol. The fourth-order valence-electron chi connectivity index (χ4n) is 2.42. The molecule has 0 bridgehead atoms. The predicted octanol–water partition coefficient (Wildman–Crippen LogP) is 2.12. The van der Waals surface area contributed by atoms with Crippen molar-refractivity contribution >= 4 is 5.91 Å². The van der Waals surface area contributed by atoms with Gasteiger partial charge in [-0.15, -0.1) is 0 Å². The number of likely N-dealkylation sites (N-methyl/N-ethyl adjacent to an activating group) is 1. The van der Waals surface area contributed by atoms with Gasteiger partial charge in [0.1, 0.15) is 0 Å². The third-order valence-electron chi connectivity index (χ3n) is 4.33. The van der Waals surface area contributed by atoms with Crippen molar-refractivity contribution in [2.45, 2.75) is 64.6 Å². The Balaban J connectivity index is 1.90. The molecule has 1 amide bonds. The van der Waals surface area contributed by atoms with Crippen molar-refractivity contribution in [2.24, 2.45) is 5.92 Å². The van der Waals surface area contributed by atoms with Crippen molar-refractivity contribution < 1.29 is 4.79 Å². The first-order valence-electron chi connectivity index (χ1n) is 7.02. The van der Waals surface area contributed by atoms with E-state index in [0.717, 1.165) is 5.92 Å². The van der Waals surface area contributed by atoms with Crippen LogP contribution in [0.4, 0.5) is 0 Å². The zero-order chi connectivity index (χ0) is 12.6. The first-order chi connectivity index (χ1) is 8.00. The summed E-state index contributed by atoms with van der Waals surface area (Å²) in [6, 6.07) is 1.60. The molecule has 17 heavy (non-hydrogen) atoms. The molecule has 0 heterocycles. The molecule has 3 heteroatoms. The van der Waals surface area contributed by atoms with E-state index in [1.54, 1.807) is 0 Å². The zero-order valence-corrected chi connectivity index (χ0v) is 11.6. The van der Waals surface area contributed by atoms with Gasteiger partial charge in [-0.2, -0.15) is 0 Å². The lowest BCUT2D eigenvalue weighted by Crippen LogP contribution is -2.46. The lowest BCUT2D eigenvalue weighted by molar-refractivity contribution is -0.133. The standard InChI is InChI=1S/C14H26N2O/c1-10(2)15(4)14(17)9-16(13-7-8-13)11(3)12-5-6-12/h10-13H,5-9H2,1-4H3. The first-order valence-corrected chi connectivity index (χ1v) is 7.02. The molecule has 0 aromatic rings. The summed E-state index contributed by atoms with van der Waals surface area (Å²) in [5.41, 5.74) is 0. The van der Waals surface area contributed by atoms with Gasteiger partial charge in [0.05, 0.1) is 6.54 Å². The molecule has 0 aromatic heterocycles. The first kappa shape index (κ1) is 12.9. The summed E-state index contributed by atoms with van der Waals surface area (Å²) in [5.74, 6) is 1.13. The summed E-state index contributed by atoms with van der Waals surface area (Å²) >= 11 is 0. The molecular formula is C14H26N2O. The van der Waals surface area contributed by atoms with Crippen molar-refractivity contribution in [3.63, 3.8) is 0 Å². The molecule has 1 unspecified atom stereocenters. The number of hydrogen-bond donors (Lipinski definition) is 0. The van der Waals surface area contributed by atoms with Crippen LogP contribution in [-0.4, -0.2) is 47.4 Å². The zero-order valence-electron chi connectivity index (χ0n) is 11.6. The number of carbonyl (C=O) groups excluding carboxylic acids is 1.